The second kappa shape index (κ2) is 6.81. The third kappa shape index (κ3) is 3.08. The van der Waals surface area contributed by atoms with Gasteiger partial charge < -0.3 is 9.67 Å². The van der Waals surface area contributed by atoms with Crippen molar-refractivity contribution in [3.05, 3.63) is 83.7 Å². The number of hydrogen-bond donors (Lipinski definition) is 1. The van der Waals surface area contributed by atoms with E-state index in [1.165, 1.54) is 11.1 Å². The minimum Gasteiger partial charge on any atom is -0.390 e. The van der Waals surface area contributed by atoms with Crippen LogP contribution in [0.25, 0.3) is 0 Å². The summed E-state index contributed by atoms with van der Waals surface area (Å²) >= 11 is 1.70. The summed E-state index contributed by atoms with van der Waals surface area (Å²) in [7, 11) is 1.94. The first kappa shape index (κ1) is 14.9. The lowest BCUT2D eigenvalue weighted by Crippen LogP contribution is -2.01. The Kier molecular flexibility index (Phi) is 4.61. The smallest absolute Gasteiger partial charge is 0.168 e. The number of hydrogen-bond acceptors (Lipinski definition) is 3. The lowest BCUT2D eigenvalue weighted by atomic mass is 10.0. The van der Waals surface area contributed by atoms with E-state index in [-0.39, 0.29) is 11.9 Å². The summed E-state index contributed by atoms with van der Waals surface area (Å²) in [5, 5.41) is 10.4. The largest absolute Gasteiger partial charge is 0.390 e. The Balaban J connectivity index is 1.97. The SMILES string of the molecule is Cn1c(CO)cnc1SC(c1ccccc1)c1ccccc1. The summed E-state index contributed by atoms with van der Waals surface area (Å²) in [5.41, 5.74) is 3.31. The fourth-order valence-electron chi connectivity index (χ4n) is 2.37. The van der Waals surface area contributed by atoms with Crippen molar-refractivity contribution >= 4 is 11.8 Å². The fraction of sp³-hybridized carbons (Fsp3) is 0.167. The Hall–Kier alpha value is -2.04. The summed E-state index contributed by atoms with van der Waals surface area (Å²) in [6.07, 6.45) is 1.73. The molecule has 0 spiro atoms. The normalized spacial score (nSPS) is 11.0. The van der Waals surface area contributed by atoms with Crippen molar-refractivity contribution < 1.29 is 5.11 Å². The van der Waals surface area contributed by atoms with E-state index >= 15 is 0 Å². The van der Waals surface area contributed by atoms with Crippen LogP contribution in [0, 0.1) is 0 Å². The molecule has 0 saturated carbocycles. The summed E-state index contributed by atoms with van der Waals surface area (Å²) < 4.78 is 1.95. The van der Waals surface area contributed by atoms with E-state index in [0.29, 0.717) is 0 Å². The molecule has 4 heteroatoms. The van der Waals surface area contributed by atoms with Crippen LogP contribution in [-0.2, 0) is 13.7 Å². The molecule has 3 aromatic rings. The Bertz CT molecular complexity index is 686. The summed E-state index contributed by atoms with van der Waals surface area (Å²) in [6, 6.07) is 20.9. The number of imidazole rings is 1. The molecule has 0 saturated heterocycles. The zero-order valence-electron chi connectivity index (χ0n) is 12.4. The number of thioether (sulfide) groups is 1. The molecule has 0 aliphatic rings. The number of nitrogens with zero attached hydrogens (tertiary/aromatic N) is 2. The third-order valence-electron chi connectivity index (χ3n) is 3.63. The molecule has 0 amide bonds. The third-order valence-corrected chi connectivity index (χ3v) is 5.00. The van der Waals surface area contributed by atoms with Gasteiger partial charge in [-0.15, -0.1) is 0 Å². The molecule has 112 valence electrons. The molecule has 0 aliphatic carbocycles. The van der Waals surface area contributed by atoms with E-state index < -0.39 is 0 Å². The van der Waals surface area contributed by atoms with Crippen molar-refractivity contribution in [2.24, 2.45) is 7.05 Å². The van der Waals surface area contributed by atoms with Gasteiger partial charge in [-0.2, -0.15) is 0 Å². The number of aromatic nitrogens is 2. The second-order valence-corrected chi connectivity index (χ2v) is 6.14. The highest BCUT2D eigenvalue weighted by atomic mass is 32.2. The van der Waals surface area contributed by atoms with Gasteiger partial charge in [0.25, 0.3) is 0 Å². The Morgan fingerprint density at radius 3 is 2.00 bits per heavy atom. The quantitative estimate of drug-likeness (QED) is 0.729. The van der Waals surface area contributed by atoms with Crippen LogP contribution in [0.15, 0.2) is 72.0 Å². The van der Waals surface area contributed by atoms with Crippen LogP contribution >= 0.6 is 11.8 Å². The van der Waals surface area contributed by atoms with E-state index in [2.05, 4.69) is 53.5 Å². The molecule has 1 aromatic heterocycles. The summed E-state index contributed by atoms with van der Waals surface area (Å²) in [4.78, 5) is 4.44. The molecular weight excluding hydrogens is 292 g/mol. The molecule has 0 aliphatic heterocycles. The predicted molar refractivity (Wildman–Crippen MR) is 89.7 cm³/mol. The zero-order valence-corrected chi connectivity index (χ0v) is 13.2. The lowest BCUT2D eigenvalue weighted by Gasteiger charge is -2.17. The topological polar surface area (TPSA) is 38.0 Å². The first-order valence-electron chi connectivity index (χ1n) is 7.17. The van der Waals surface area contributed by atoms with Crippen LogP contribution in [0.1, 0.15) is 22.1 Å². The van der Waals surface area contributed by atoms with Gasteiger partial charge in [0.1, 0.15) is 0 Å². The number of aliphatic hydroxyl groups excluding tert-OH is 1. The van der Waals surface area contributed by atoms with Gasteiger partial charge >= 0.3 is 0 Å². The van der Waals surface area contributed by atoms with Gasteiger partial charge in [-0.3, -0.25) is 0 Å². The first-order valence-corrected chi connectivity index (χ1v) is 8.05. The van der Waals surface area contributed by atoms with Crippen LogP contribution in [0.5, 0.6) is 0 Å². The molecule has 1 heterocycles. The van der Waals surface area contributed by atoms with Gasteiger partial charge in [-0.25, -0.2) is 4.98 Å². The minimum absolute atomic E-state index is 0.00536. The van der Waals surface area contributed by atoms with Crippen LogP contribution in [-0.4, -0.2) is 14.7 Å². The summed E-state index contributed by atoms with van der Waals surface area (Å²) in [6.45, 7) is 0.00536. The molecule has 0 atom stereocenters. The van der Waals surface area contributed by atoms with E-state index in [9.17, 15) is 5.11 Å². The number of aliphatic hydroxyl groups is 1. The van der Waals surface area contributed by atoms with Gasteiger partial charge in [0, 0.05) is 7.05 Å². The van der Waals surface area contributed by atoms with Gasteiger partial charge in [0.15, 0.2) is 5.16 Å². The standard InChI is InChI=1S/C18H18N2OS/c1-20-16(13-21)12-19-18(20)22-17(14-8-4-2-5-9-14)15-10-6-3-7-11-15/h2-12,17,21H,13H2,1H3. The van der Waals surface area contributed by atoms with Gasteiger partial charge in [-0.05, 0) is 11.1 Å². The highest BCUT2D eigenvalue weighted by Crippen LogP contribution is 2.39. The van der Waals surface area contributed by atoms with Crippen molar-refractivity contribution in [1.29, 1.82) is 0 Å². The van der Waals surface area contributed by atoms with Crippen molar-refractivity contribution in [1.82, 2.24) is 9.55 Å². The molecule has 0 unspecified atom stereocenters. The molecule has 0 radical (unpaired) electrons. The molecule has 3 rings (SSSR count). The van der Waals surface area contributed by atoms with Crippen LogP contribution in [0.2, 0.25) is 0 Å². The van der Waals surface area contributed by atoms with E-state index in [1.54, 1.807) is 18.0 Å². The highest BCUT2D eigenvalue weighted by molar-refractivity contribution is 7.99. The maximum atomic E-state index is 9.33. The maximum Gasteiger partial charge on any atom is 0.168 e. The highest BCUT2D eigenvalue weighted by Gasteiger charge is 2.18. The van der Waals surface area contributed by atoms with Crippen LogP contribution < -0.4 is 0 Å². The molecule has 2 aromatic carbocycles. The maximum absolute atomic E-state index is 9.33. The van der Waals surface area contributed by atoms with Gasteiger partial charge in [-0.1, -0.05) is 72.4 Å². The zero-order chi connectivity index (χ0) is 15.4. The molecule has 1 N–H and O–H groups in total. The van der Waals surface area contributed by atoms with Crippen molar-refractivity contribution in [2.75, 3.05) is 0 Å². The van der Waals surface area contributed by atoms with Crippen molar-refractivity contribution in [2.45, 2.75) is 17.0 Å². The number of benzene rings is 2. The van der Waals surface area contributed by atoms with E-state index in [1.807, 2.05) is 23.7 Å². The monoisotopic (exact) mass is 310 g/mol. The van der Waals surface area contributed by atoms with Crippen molar-refractivity contribution in [3.8, 4) is 0 Å². The fourth-order valence-corrected chi connectivity index (χ4v) is 3.56. The predicted octanol–water partition coefficient (Wildman–Crippen LogP) is 3.79. The van der Waals surface area contributed by atoms with Gasteiger partial charge in [0.05, 0.1) is 23.7 Å². The van der Waals surface area contributed by atoms with E-state index in [4.69, 9.17) is 0 Å². The molecule has 22 heavy (non-hydrogen) atoms. The second-order valence-electron chi connectivity index (χ2n) is 5.07. The van der Waals surface area contributed by atoms with Crippen molar-refractivity contribution in [3.63, 3.8) is 0 Å². The molecular formula is C18H18N2OS. The molecule has 3 nitrogen and oxygen atoms in total. The molecule has 0 fully saturated rings. The van der Waals surface area contributed by atoms with Crippen LogP contribution in [0.4, 0.5) is 0 Å². The Morgan fingerprint density at radius 1 is 1.00 bits per heavy atom. The Labute approximate surface area is 134 Å². The minimum atomic E-state index is 0.00536. The lowest BCUT2D eigenvalue weighted by molar-refractivity contribution is 0.271. The average molecular weight is 310 g/mol. The van der Waals surface area contributed by atoms with E-state index in [0.717, 1.165) is 10.9 Å². The number of rotatable bonds is 5. The van der Waals surface area contributed by atoms with Gasteiger partial charge in [0.2, 0.25) is 0 Å². The average Bonchev–Trinajstić information content (AvgIpc) is 2.94. The molecule has 0 bridgehead atoms. The first-order chi connectivity index (χ1) is 10.8. The van der Waals surface area contributed by atoms with Crippen LogP contribution in [0.3, 0.4) is 0 Å². The summed E-state index contributed by atoms with van der Waals surface area (Å²) in [5.74, 6) is 0. The Morgan fingerprint density at radius 2 is 1.55 bits per heavy atom.